The molecule has 5 nitrogen and oxygen atoms in total. The molecule has 0 spiro atoms. The molecule has 1 atom stereocenters. The van der Waals surface area contributed by atoms with Crippen molar-refractivity contribution in [1.82, 2.24) is 4.98 Å². The lowest BCUT2D eigenvalue weighted by molar-refractivity contribution is -0.138. The number of anilines is 1. The lowest BCUT2D eigenvalue weighted by Gasteiger charge is -2.15. The number of aromatic nitrogens is 1. The van der Waals surface area contributed by atoms with Gasteiger partial charge in [-0.1, -0.05) is 24.3 Å². The van der Waals surface area contributed by atoms with Gasteiger partial charge in [0, 0.05) is 16.8 Å². The first-order valence-corrected chi connectivity index (χ1v) is 6.53. The Hall–Kier alpha value is -2.82. The van der Waals surface area contributed by atoms with Crippen molar-refractivity contribution in [2.75, 3.05) is 5.73 Å². The molecule has 0 amide bonds. The molecule has 1 aromatic heterocycles. The Bertz CT molecular complexity index is 823. The van der Waals surface area contributed by atoms with Gasteiger partial charge in [-0.3, -0.25) is 4.79 Å². The molecule has 3 rings (SSSR count). The summed E-state index contributed by atoms with van der Waals surface area (Å²) in [5, 5.41) is 9.32. The van der Waals surface area contributed by atoms with Gasteiger partial charge in [-0.25, -0.2) is 4.98 Å². The second kappa shape index (κ2) is 4.94. The first-order chi connectivity index (χ1) is 10.1. The minimum atomic E-state index is -0.895. The topological polar surface area (TPSA) is 89.3 Å². The molecule has 1 heterocycles. The number of aliphatic carboxylic acids is 1. The van der Waals surface area contributed by atoms with E-state index in [4.69, 9.17) is 10.2 Å². The van der Waals surface area contributed by atoms with E-state index >= 15 is 0 Å². The van der Waals surface area contributed by atoms with E-state index in [0.29, 0.717) is 27.9 Å². The molecule has 0 aliphatic rings. The summed E-state index contributed by atoms with van der Waals surface area (Å²) in [6, 6.07) is 10.8. The molecule has 1 unspecified atom stereocenters. The summed E-state index contributed by atoms with van der Waals surface area (Å²) in [6.45, 7) is 1.65. The predicted molar refractivity (Wildman–Crippen MR) is 79.9 cm³/mol. The number of fused-ring (bicyclic) bond motifs is 1. The highest BCUT2D eigenvalue weighted by atomic mass is 16.4. The van der Waals surface area contributed by atoms with Crippen LogP contribution in [0.3, 0.4) is 0 Å². The van der Waals surface area contributed by atoms with Gasteiger partial charge in [0.25, 0.3) is 0 Å². The monoisotopic (exact) mass is 282 g/mol. The van der Waals surface area contributed by atoms with Gasteiger partial charge in [0.05, 0.1) is 5.92 Å². The fraction of sp³-hybridized carbons (Fsp3) is 0.125. The largest absolute Gasteiger partial charge is 0.481 e. The van der Waals surface area contributed by atoms with Crippen LogP contribution < -0.4 is 5.73 Å². The average molecular weight is 282 g/mol. The molecule has 2 aromatic carbocycles. The van der Waals surface area contributed by atoms with Crippen molar-refractivity contribution in [3.63, 3.8) is 0 Å². The number of benzene rings is 2. The Kier molecular flexibility index (Phi) is 3.10. The molecule has 3 N–H and O–H groups in total. The van der Waals surface area contributed by atoms with Crippen molar-refractivity contribution in [2.45, 2.75) is 12.8 Å². The van der Waals surface area contributed by atoms with Crippen LogP contribution in [0.25, 0.3) is 22.2 Å². The van der Waals surface area contributed by atoms with E-state index in [1.54, 1.807) is 25.1 Å². The van der Waals surface area contributed by atoms with Crippen LogP contribution >= 0.6 is 0 Å². The normalized spacial score (nSPS) is 12.4. The molecule has 0 aliphatic carbocycles. The van der Waals surface area contributed by atoms with Crippen LogP contribution in [0.1, 0.15) is 18.4 Å². The molecular weight excluding hydrogens is 268 g/mol. The fourth-order valence-electron chi connectivity index (χ4n) is 2.45. The number of hydrogen-bond acceptors (Lipinski definition) is 4. The smallest absolute Gasteiger partial charge is 0.310 e. The highest BCUT2D eigenvalue weighted by Gasteiger charge is 2.22. The number of carbonyl (C=O) groups is 1. The molecule has 0 bridgehead atoms. The summed E-state index contributed by atoms with van der Waals surface area (Å²) in [5.74, 6) is -1.56. The summed E-state index contributed by atoms with van der Waals surface area (Å²) in [6.07, 6.45) is 1.35. The molecule has 5 heteroatoms. The number of oxazole rings is 1. The van der Waals surface area contributed by atoms with E-state index < -0.39 is 11.9 Å². The Balaban J connectivity index is 2.37. The third-order valence-corrected chi connectivity index (χ3v) is 3.60. The third kappa shape index (κ3) is 2.12. The molecule has 106 valence electrons. The second-order valence-corrected chi connectivity index (χ2v) is 4.88. The minimum absolute atomic E-state index is 0.576. The zero-order valence-corrected chi connectivity index (χ0v) is 11.4. The summed E-state index contributed by atoms with van der Waals surface area (Å²) >= 11 is 0. The SMILES string of the molecule is CC(C(=O)O)c1ccc2ocnc2c1-c1ccccc1N. The van der Waals surface area contributed by atoms with E-state index in [-0.39, 0.29) is 0 Å². The van der Waals surface area contributed by atoms with Crippen LogP contribution in [-0.4, -0.2) is 16.1 Å². The van der Waals surface area contributed by atoms with Crippen LogP contribution in [0, 0.1) is 0 Å². The molecule has 0 radical (unpaired) electrons. The maximum Gasteiger partial charge on any atom is 0.310 e. The zero-order chi connectivity index (χ0) is 15.0. The molecule has 21 heavy (non-hydrogen) atoms. The van der Waals surface area contributed by atoms with E-state index in [9.17, 15) is 9.90 Å². The van der Waals surface area contributed by atoms with Gasteiger partial charge >= 0.3 is 5.97 Å². The van der Waals surface area contributed by atoms with Gasteiger partial charge in [-0.2, -0.15) is 0 Å². The lowest BCUT2D eigenvalue weighted by atomic mass is 9.90. The number of rotatable bonds is 3. The van der Waals surface area contributed by atoms with Crippen LogP contribution in [0.2, 0.25) is 0 Å². The molecule has 0 saturated carbocycles. The number of hydrogen-bond donors (Lipinski definition) is 2. The summed E-state index contributed by atoms with van der Waals surface area (Å²) in [4.78, 5) is 15.6. The first-order valence-electron chi connectivity index (χ1n) is 6.53. The minimum Gasteiger partial charge on any atom is -0.481 e. The quantitative estimate of drug-likeness (QED) is 0.720. The summed E-state index contributed by atoms with van der Waals surface area (Å²) in [7, 11) is 0. The zero-order valence-electron chi connectivity index (χ0n) is 11.4. The Morgan fingerprint density at radius 3 is 2.76 bits per heavy atom. The van der Waals surface area contributed by atoms with E-state index in [0.717, 1.165) is 5.56 Å². The average Bonchev–Trinajstić information content (AvgIpc) is 2.94. The maximum absolute atomic E-state index is 11.4. The number of nitrogen functional groups attached to an aromatic ring is 1. The molecule has 0 aliphatic heterocycles. The molecular formula is C16H14N2O3. The summed E-state index contributed by atoms with van der Waals surface area (Å²) in [5.41, 5.74) is 10.0. The van der Waals surface area contributed by atoms with Gasteiger partial charge in [0.2, 0.25) is 0 Å². The molecule has 0 fully saturated rings. The molecule has 0 saturated heterocycles. The van der Waals surface area contributed by atoms with E-state index in [1.165, 1.54) is 6.39 Å². The first kappa shape index (κ1) is 13.2. The van der Waals surface area contributed by atoms with Gasteiger partial charge in [-0.05, 0) is 24.6 Å². The lowest BCUT2D eigenvalue weighted by Crippen LogP contribution is -2.09. The number of carboxylic acids is 1. The van der Waals surface area contributed by atoms with Crippen molar-refractivity contribution in [2.24, 2.45) is 0 Å². The van der Waals surface area contributed by atoms with E-state index in [1.807, 2.05) is 18.2 Å². The fourth-order valence-corrected chi connectivity index (χ4v) is 2.45. The van der Waals surface area contributed by atoms with Crippen molar-refractivity contribution in [3.8, 4) is 11.1 Å². The number of para-hydroxylation sites is 1. The van der Waals surface area contributed by atoms with Crippen molar-refractivity contribution < 1.29 is 14.3 Å². The standard InChI is InChI=1S/C16H14N2O3/c1-9(16(19)20)10-6-7-13-15(18-8-21-13)14(10)11-4-2-3-5-12(11)17/h2-9H,17H2,1H3,(H,19,20). The highest BCUT2D eigenvalue weighted by molar-refractivity contribution is 5.98. The van der Waals surface area contributed by atoms with Gasteiger partial charge < -0.3 is 15.3 Å². The van der Waals surface area contributed by atoms with Crippen molar-refractivity contribution in [3.05, 3.63) is 48.4 Å². The Morgan fingerprint density at radius 2 is 2.05 bits per heavy atom. The van der Waals surface area contributed by atoms with E-state index in [2.05, 4.69) is 4.98 Å². The Morgan fingerprint density at radius 1 is 1.29 bits per heavy atom. The van der Waals surface area contributed by atoms with Crippen molar-refractivity contribution >= 4 is 22.8 Å². The van der Waals surface area contributed by atoms with Gasteiger partial charge in [0.1, 0.15) is 5.52 Å². The maximum atomic E-state index is 11.4. The Labute approximate surface area is 121 Å². The van der Waals surface area contributed by atoms with Crippen LogP contribution in [0.4, 0.5) is 5.69 Å². The third-order valence-electron chi connectivity index (χ3n) is 3.60. The van der Waals surface area contributed by atoms with Crippen LogP contribution in [0.15, 0.2) is 47.2 Å². The van der Waals surface area contributed by atoms with Crippen LogP contribution in [-0.2, 0) is 4.79 Å². The molecule has 3 aromatic rings. The number of carboxylic acid groups (broad SMARTS) is 1. The summed E-state index contributed by atoms with van der Waals surface area (Å²) < 4.78 is 5.32. The van der Waals surface area contributed by atoms with Crippen LogP contribution in [0.5, 0.6) is 0 Å². The van der Waals surface area contributed by atoms with Gasteiger partial charge in [0.15, 0.2) is 12.0 Å². The van der Waals surface area contributed by atoms with Gasteiger partial charge in [-0.15, -0.1) is 0 Å². The second-order valence-electron chi connectivity index (χ2n) is 4.88. The predicted octanol–water partition coefficient (Wildman–Crippen LogP) is 3.27. The highest BCUT2D eigenvalue weighted by Crippen LogP contribution is 2.38. The van der Waals surface area contributed by atoms with Crippen molar-refractivity contribution in [1.29, 1.82) is 0 Å². The number of nitrogens with two attached hydrogens (primary N) is 1. The number of nitrogens with zero attached hydrogens (tertiary/aromatic N) is 1.